The van der Waals surface area contributed by atoms with Crippen LogP contribution in [-0.2, 0) is 18.3 Å². The van der Waals surface area contributed by atoms with Crippen LogP contribution in [0.25, 0.3) is 0 Å². The van der Waals surface area contributed by atoms with Crippen molar-refractivity contribution >= 4 is 29.0 Å². The summed E-state index contributed by atoms with van der Waals surface area (Å²) in [5, 5.41) is 0.0873. The number of nitrogens with zero attached hydrogens (tertiary/aromatic N) is 3. The predicted molar refractivity (Wildman–Crippen MR) is 75.0 cm³/mol. The van der Waals surface area contributed by atoms with Gasteiger partial charge in [-0.1, -0.05) is 11.6 Å². The van der Waals surface area contributed by atoms with Gasteiger partial charge in [-0.05, 0) is 12.1 Å². The molecule has 0 spiro atoms. The Kier molecular flexibility index (Phi) is 3.25. The number of carbonyl (C=O) groups is 2. The molecule has 5 nitrogen and oxygen atoms in total. The molecule has 1 aromatic heterocycles. The normalized spacial score (nSPS) is 14.0. The Morgan fingerprint density at radius 3 is 2.76 bits per heavy atom. The Labute approximate surface area is 124 Å². The van der Waals surface area contributed by atoms with Gasteiger partial charge in [-0.3, -0.25) is 9.59 Å². The number of fused-ring (bicyclic) bond motifs is 1. The van der Waals surface area contributed by atoms with Crippen LogP contribution in [0.4, 0.5) is 10.1 Å². The molecule has 7 heteroatoms. The molecule has 3 rings (SSSR count). The third kappa shape index (κ3) is 2.12. The highest BCUT2D eigenvalue weighted by molar-refractivity contribution is 6.55. The summed E-state index contributed by atoms with van der Waals surface area (Å²) in [4.78, 5) is 29.2. The van der Waals surface area contributed by atoms with Gasteiger partial charge in [-0.25, -0.2) is 9.37 Å². The van der Waals surface area contributed by atoms with Crippen LogP contribution in [0.2, 0.25) is 5.02 Å². The van der Waals surface area contributed by atoms with Gasteiger partial charge in [0, 0.05) is 32.4 Å². The van der Waals surface area contributed by atoms with E-state index < -0.39 is 17.5 Å². The summed E-state index contributed by atoms with van der Waals surface area (Å²) < 4.78 is 15.8. The lowest BCUT2D eigenvalue weighted by atomic mass is 10.1. The zero-order valence-corrected chi connectivity index (χ0v) is 11.9. The van der Waals surface area contributed by atoms with E-state index >= 15 is 0 Å². The minimum atomic E-state index is -0.769. The zero-order chi connectivity index (χ0) is 15.1. The monoisotopic (exact) mass is 307 g/mol. The number of hydrogen-bond donors (Lipinski definition) is 0. The number of carbonyl (C=O) groups excluding carboxylic acids is 2. The highest BCUT2D eigenvalue weighted by Crippen LogP contribution is 2.36. The van der Waals surface area contributed by atoms with Crippen LogP contribution in [0, 0.1) is 5.82 Å². The number of Topliss-reactive ketones (excluding diaryl/α,β-unsaturated/α-hetero) is 1. The number of halogens is 2. The molecule has 1 aliphatic rings. The first-order valence-corrected chi connectivity index (χ1v) is 6.69. The van der Waals surface area contributed by atoms with Crippen molar-refractivity contribution in [1.29, 1.82) is 0 Å². The second-order valence-corrected chi connectivity index (χ2v) is 5.15. The molecule has 0 N–H and O–H groups in total. The number of aromatic nitrogens is 2. The number of aryl methyl sites for hydroxylation is 1. The highest BCUT2D eigenvalue weighted by atomic mass is 35.5. The Balaban J connectivity index is 1.95. The van der Waals surface area contributed by atoms with E-state index in [0.29, 0.717) is 6.42 Å². The van der Waals surface area contributed by atoms with Gasteiger partial charge in [0.05, 0.1) is 16.3 Å². The van der Waals surface area contributed by atoms with E-state index in [2.05, 4.69) is 4.98 Å². The molecule has 0 radical (unpaired) electrons. The van der Waals surface area contributed by atoms with Gasteiger partial charge in [0.1, 0.15) is 11.6 Å². The lowest BCUT2D eigenvalue weighted by Crippen LogP contribution is -2.32. The molecule has 0 bridgehead atoms. The Morgan fingerprint density at radius 2 is 2.10 bits per heavy atom. The van der Waals surface area contributed by atoms with Crippen LogP contribution in [0.5, 0.6) is 0 Å². The molecule has 2 heterocycles. The Morgan fingerprint density at radius 1 is 1.33 bits per heavy atom. The first-order chi connectivity index (χ1) is 10.0. The summed E-state index contributed by atoms with van der Waals surface area (Å²) in [7, 11) is 1.82. The van der Waals surface area contributed by atoms with Gasteiger partial charge >= 0.3 is 0 Å². The molecule has 108 valence electrons. The number of hydrogen-bond acceptors (Lipinski definition) is 3. The number of imidazole rings is 1. The molecule has 1 aliphatic heterocycles. The van der Waals surface area contributed by atoms with Crippen LogP contribution >= 0.6 is 11.6 Å². The van der Waals surface area contributed by atoms with Crippen molar-refractivity contribution in [3.05, 3.63) is 46.8 Å². The van der Waals surface area contributed by atoms with E-state index in [1.807, 2.05) is 7.05 Å². The van der Waals surface area contributed by atoms with E-state index in [1.54, 1.807) is 17.0 Å². The second-order valence-electron chi connectivity index (χ2n) is 4.74. The third-order valence-electron chi connectivity index (χ3n) is 3.49. The third-order valence-corrected chi connectivity index (χ3v) is 3.81. The van der Waals surface area contributed by atoms with Crippen LogP contribution in [0.15, 0.2) is 24.5 Å². The van der Waals surface area contributed by atoms with Crippen LogP contribution in [0.3, 0.4) is 0 Å². The standard InChI is InChI=1S/C14H11ClFN3O2/c1-18-7-5-17-10(18)4-6-19-12-9(16)3-2-8(15)11(12)13(20)14(19)21/h2-3,5,7H,4,6H2,1H3. The molecular formula is C14H11ClFN3O2. The molecule has 0 saturated heterocycles. The molecule has 21 heavy (non-hydrogen) atoms. The maximum absolute atomic E-state index is 14.0. The van der Waals surface area contributed by atoms with E-state index in [9.17, 15) is 14.0 Å². The summed E-state index contributed by atoms with van der Waals surface area (Å²) in [5.41, 5.74) is -0.0896. The van der Waals surface area contributed by atoms with Crippen molar-refractivity contribution in [3.8, 4) is 0 Å². The summed E-state index contributed by atoms with van der Waals surface area (Å²) in [6, 6.07) is 2.43. The van der Waals surface area contributed by atoms with Crippen molar-refractivity contribution in [1.82, 2.24) is 9.55 Å². The number of ketones is 1. The van der Waals surface area contributed by atoms with Crippen molar-refractivity contribution in [3.63, 3.8) is 0 Å². The molecular weight excluding hydrogens is 297 g/mol. The Hall–Kier alpha value is -2.21. The predicted octanol–water partition coefficient (Wildman–Crippen LogP) is 1.98. The highest BCUT2D eigenvalue weighted by Gasteiger charge is 2.39. The van der Waals surface area contributed by atoms with Crippen LogP contribution in [-0.4, -0.2) is 27.8 Å². The zero-order valence-electron chi connectivity index (χ0n) is 11.1. The molecule has 1 amide bonds. The molecule has 0 atom stereocenters. The van der Waals surface area contributed by atoms with E-state index in [4.69, 9.17) is 11.6 Å². The maximum Gasteiger partial charge on any atom is 0.299 e. The fourth-order valence-corrected chi connectivity index (χ4v) is 2.65. The van der Waals surface area contributed by atoms with Crippen LogP contribution in [0.1, 0.15) is 16.2 Å². The largest absolute Gasteiger partial charge is 0.338 e. The molecule has 0 fully saturated rings. The number of anilines is 1. The van der Waals surface area contributed by atoms with E-state index in [0.717, 1.165) is 16.8 Å². The van der Waals surface area contributed by atoms with Gasteiger partial charge in [0.15, 0.2) is 0 Å². The Bertz CT molecular complexity index is 757. The molecule has 0 saturated carbocycles. The van der Waals surface area contributed by atoms with Gasteiger partial charge in [0.2, 0.25) is 0 Å². The first kappa shape index (κ1) is 13.8. The minimum Gasteiger partial charge on any atom is -0.338 e. The summed E-state index contributed by atoms with van der Waals surface area (Å²) in [5.74, 6) is -1.42. The average molecular weight is 308 g/mol. The number of rotatable bonds is 3. The fourth-order valence-electron chi connectivity index (χ4n) is 2.41. The summed E-state index contributed by atoms with van der Waals surface area (Å²) in [6.45, 7) is 0.166. The van der Waals surface area contributed by atoms with Crippen molar-refractivity contribution in [2.45, 2.75) is 6.42 Å². The smallest absolute Gasteiger partial charge is 0.299 e. The molecule has 0 aliphatic carbocycles. The van der Waals surface area contributed by atoms with Crippen LogP contribution < -0.4 is 4.90 Å². The fraction of sp³-hybridized carbons (Fsp3) is 0.214. The lowest BCUT2D eigenvalue weighted by Gasteiger charge is -2.17. The molecule has 2 aromatic rings. The topological polar surface area (TPSA) is 55.2 Å². The van der Waals surface area contributed by atoms with Crippen molar-refractivity contribution < 1.29 is 14.0 Å². The van der Waals surface area contributed by atoms with Gasteiger partial charge < -0.3 is 9.47 Å². The number of benzene rings is 1. The summed E-state index contributed by atoms with van der Waals surface area (Å²) in [6.07, 6.45) is 3.82. The molecule has 0 unspecified atom stereocenters. The van der Waals surface area contributed by atoms with E-state index in [1.165, 1.54) is 6.07 Å². The van der Waals surface area contributed by atoms with Gasteiger partial charge in [-0.15, -0.1) is 0 Å². The van der Waals surface area contributed by atoms with Crippen molar-refractivity contribution in [2.75, 3.05) is 11.4 Å². The maximum atomic E-state index is 14.0. The molecule has 1 aromatic carbocycles. The lowest BCUT2D eigenvalue weighted by molar-refractivity contribution is -0.114. The van der Waals surface area contributed by atoms with Gasteiger partial charge in [-0.2, -0.15) is 0 Å². The average Bonchev–Trinajstić information content (AvgIpc) is 2.97. The SMILES string of the molecule is Cn1ccnc1CCN1C(=O)C(=O)c2c(Cl)ccc(F)c21. The minimum absolute atomic E-state index is 0.0355. The summed E-state index contributed by atoms with van der Waals surface area (Å²) >= 11 is 5.91. The second kappa shape index (κ2) is 4.96. The first-order valence-electron chi connectivity index (χ1n) is 6.31. The van der Waals surface area contributed by atoms with E-state index in [-0.39, 0.29) is 22.8 Å². The number of amides is 1. The van der Waals surface area contributed by atoms with Crippen molar-refractivity contribution in [2.24, 2.45) is 7.05 Å². The quantitative estimate of drug-likeness (QED) is 0.815. The van der Waals surface area contributed by atoms with Gasteiger partial charge in [0.25, 0.3) is 11.7 Å².